The number of nitrogens with zero attached hydrogens (tertiary/aromatic N) is 3. The Labute approximate surface area is 188 Å². The number of hydrogen-bond acceptors (Lipinski definition) is 5. The van der Waals surface area contributed by atoms with E-state index in [1.54, 1.807) is 6.08 Å². The smallest absolute Gasteiger partial charge is 0.248 e. The fourth-order valence-electron chi connectivity index (χ4n) is 3.40. The first-order valence-corrected chi connectivity index (χ1v) is 10.2. The summed E-state index contributed by atoms with van der Waals surface area (Å²) in [6.45, 7) is 0.325. The molecule has 0 atom stereocenters. The van der Waals surface area contributed by atoms with E-state index in [4.69, 9.17) is 9.15 Å². The molecule has 2 heterocycles. The van der Waals surface area contributed by atoms with E-state index in [0.717, 1.165) is 34.3 Å². The predicted molar refractivity (Wildman–Crippen MR) is 120 cm³/mol. The zero-order valence-electron chi connectivity index (χ0n) is 17.3. The van der Waals surface area contributed by atoms with Gasteiger partial charge in [-0.25, -0.2) is 13.8 Å². The minimum absolute atomic E-state index is 0.258. The van der Waals surface area contributed by atoms with Gasteiger partial charge in [-0.05, 0) is 53.6 Å². The van der Waals surface area contributed by atoms with Gasteiger partial charge in [-0.2, -0.15) is 0 Å². The molecule has 0 N–H and O–H groups in total. The second-order valence-corrected chi connectivity index (χ2v) is 7.28. The topological polar surface area (TPSA) is 61.0 Å². The Morgan fingerprint density at radius 3 is 2.55 bits per heavy atom. The average molecular weight is 441 g/mol. The molecule has 0 bridgehead atoms. The van der Waals surface area contributed by atoms with Crippen LogP contribution in [-0.4, -0.2) is 15.2 Å². The molecular formula is C26H17F2N3O2. The van der Waals surface area contributed by atoms with Crippen LogP contribution in [0.25, 0.3) is 22.6 Å². The van der Waals surface area contributed by atoms with Crippen molar-refractivity contribution in [3.63, 3.8) is 0 Å². The summed E-state index contributed by atoms with van der Waals surface area (Å²) in [7, 11) is 0. The summed E-state index contributed by atoms with van der Waals surface area (Å²) in [5.41, 5.74) is 3.52. The number of benzene rings is 3. The van der Waals surface area contributed by atoms with Crippen LogP contribution in [0.3, 0.4) is 0 Å². The van der Waals surface area contributed by atoms with Gasteiger partial charge in [-0.1, -0.05) is 42.5 Å². The van der Waals surface area contributed by atoms with E-state index in [1.807, 2.05) is 60.7 Å². The minimum Gasteiger partial charge on any atom is -0.487 e. The van der Waals surface area contributed by atoms with E-state index in [1.165, 1.54) is 12.5 Å². The van der Waals surface area contributed by atoms with Crippen LogP contribution in [0.2, 0.25) is 0 Å². The van der Waals surface area contributed by atoms with Crippen molar-refractivity contribution < 1.29 is 17.9 Å². The third kappa shape index (κ3) is 4.62. The van der Waals surface area contributed by atoms with Gasteiger partial charge in [0.15, 0.2) is 11.6 Å². The lowest BCUT2D eigenvalue weighted by molar-refractivity contribution is 0.302. The maximum absolute atomic E-state index is 13.7. The number of rotatable bonds is 6. The van der Waals surface area contributed by atoms with Crippen LogP contribution in [0.15, 0.2) is 89.7 Å². The lowest BCUT2D eigenvalue weighted by Crippen LogP contribution is -1.98. The van der Waals surface area contributed by atoms with Crippen LogP contribution in [0.1, 0.15) is 22.7 Å². The largest absolute Gasteiger partial charge is 0.487 e. The quantitative estimate of drug-likeness (QED) is 0.300. The first-order valence-electron chi connectivity index (χ1n) is 10.2. The first kappa shape index (κ1) is 20.5. The molecule has 7 heteroatoms. The van der Waals surface area contributed by atoms with Crippen LogP contribution in [0, 0.1) is 11.6 Å². The number of halogens is 2. The molecule has 0 aliphatic heterocycles. The molecule has 5 rings (SSSR count). The van der Waals surface area contributed by atoms with Gasteiger partial charge in [0.1, 0.15) is 12.4 Å². The molecule has 0 amide bonds. The number of fused-ring (bicyclic) bond motifs is 1. The summed E-state index contributed by atoms with van der Waals surface area (Å²) in [5.74, 6) is -0.922. The number of hydrogen-bond donors (Lipinski definition) is 0. The van der Waals surface area contributed by atoms with Crippen molar-refractivity contribution in [2.75, 3.05) is 0 Å². The molecule has 0 aliphatic carbocycles. The maximum Gasteiger partial charge on any atom is 0.248 e. The molecule has 0 radical (unpaired) electrons. The summed E-state index contributed by atoms with van der Waals surface area (Å²) in [6, 6.07) is 22.8. The standard InChI is InChI=1S/C26H17F2N3O2/c27-23-12-5-17(14-24(23)28)13-22(26-31-29-16-33-26)18-7-10-21(11-8-18)32-15-20-9-6-19-3-1-2-4-25(19)30-20/h1-14,16H,15H2. The van der Waals surface area contributed by atoms with Gasteiger partial charge in [-0.15, -0.1) is 10.2 Å². The summed E-state index contributed by atoms with van der Waals surface area (Å²) >= 11 is 0. The molecule has 5 nitrogen and oxygen atoms in total. The first-order chi connectivity index (χ1) is 16.2. The Bertz CT molecular complexity index is 1430. The highest BCUT2D eigenvalue weighted by Crippen LogP contribution is 2.27. The molecule has 33 heavy (non-hydrogen) atoms. The van der Waals surface area contributed by atoms with Gasteiger partial charge < -0.3 is 9.15 Å². The van der Waals surface area contributed by atoms with Crippen molar-refractivity contribution >= 4 is 22.6 Å². The highest BCUT2D eigenvalue weighted by molar-refractivity contribution is 5.88. The second kappa shape index (κ2) is 9.00. The van der Waals surface area contributed by atoms with Crippen LogP contribution < -0.4 is 4.74 Å². The maximum atomic E-state index is 13.7. The van der Waals surface area contributed by atoms with E-state index in [-0.39, 0.29) is 5.89 Å². The summed E-state index contributed by atoms with van der Waals surface area (Å²) in [4.78, 5) is 4.61. The fraction of sp³-hybridized carbons (Fsp3) is 0.0385. The molecule has 0 aliphatic rings. The normalized spacial score (nSPS) is 11.6. The van der Waals surface area contributed by atoms with Gasteiger partial charge >= 0.3 is 0 Å². The minimum atomic E-state index is -0.931. The highest BCUT2D eigenvalue weighted by atomic mass is 19.2. The molecule has 2 aromatic heterocycles. The van der Waals surface area contributed by atoms with Crippen molar-refractivity contribution in [2.24, 2.45) is 0 Å². The Morgan fingerprint density at radius 1 is 0.909 bits per heavy atom. The van der Waals surface area contributed by atoms with Gasteiger partial charge in [0.25, 0.3) is 0 Å². The lowest BCUT2D eigenvalue weighted by atomic mass is 10.0. The van der Waals surface area contributed by atoms with Crippen LogP contribution >= 0.6 is 0 Å². The predicted octanol–water partition coefficient (Wildman–Crippen LogP) is 6.06. The number of para-hydroxylation sites is 1. The highest BCUT2D eigenvalue weighted by Gasteiger charge is 2.12. The summed E-state index contributed by atoms with van der Waals surface area (Å²) in [6.07, 6.45) is 2.87. The van der Waals surface area contributed by atoms with Gasteiger partial charge in [0, 0.05) is 11.0 Å². The second-order valence-electron chi connectivity index (χ2n) is 7.28. The van der Waals surface area contributed by atoms with Crippen molar-refractivity contribution in [3.05, 3.63) is 120 Å². The van der Waals surface area contributed by atoms with Crippen LogP contribution in [-0.2, 0) is 6.61 Å². The van der Waals surface area contributed by atoms with E-state index in [0.29, 0.717) is 23.5 Å². The Kier molecular flexibility index (Phi) is 5.59. The molecule has 0 saturated heterocycles. The third-order valence-corrected chi connectivity index (χ3v) is 5.05. The number of pyridine rings is 1. The molecular weight excluding hydrogens is 424 g/mol. The van der Waals surface area contributed by atoms with E-state index in [9.17, 15) is 8.78 Å². The number of ether oxygens (including phenoxy) is 1. The van der Waals surface area contributed by atoms with Gasteiger partial charge in [-0.3, -0.25) is 0 Å². The van der Waals surface area contributed by atoms with Gasteiger partial charge in [0.05, 0.1) is 11.2 Å². The molecule has 0 spiro atoms. The van der Waals surface area contributed by atoms with Crippen molar-refractivity contribution in [1.29, 1.82) is 0 Å². The number of aromatic nitrogens is 3. The zero-order chi connectivity index (χ0) is 22.6. The molecule has 5 aromatic rings. The fourth-order valence-corrected chi connectivity index (χ4v) is 3.40. The summed E-state index contributed by atoms with van der Waals surface area (Å²) in [5, 5.41) is 8.76. The van der Waals surface area contributed by atoms with Crippen molar-refractivity contribution in [3.8, 4) is 5.75 Å². The lowest BCUT2D eigenvalue weighted by Gasteiger charge is -2.09. The Hall–Kier alpha value is -4.39. The van der Waals surface area contributed by atoms with Crippen molar-refractivity contribution in [1.82, 2.24) is 15.2 Å². The summed E-state index contributed by atoms with van der Waals surface area (Å²) < 4.78 is 38.2. The molecule has 3 aromatic carbocycles. The van der Waals surface area contributed by atoms with E-state index < -0.39 is 11.6 Å². The van der Waals surface area contributed by atoms with Crippen molar-refractivity contribution in [2.45, 2.75) is 6.61 Å². The van der Waals surface area contributed by atoms with E-state index >= 15 is 0 Å². The monoisotopic (exact) mass is 441 g/mol. The SMILES string of the molecule is Fc1ccc(C=C(c2ccc(OCc3ccc4ccccc4n3)cc2)c2nnco2)cc1F. The van der Waals surface area contributed by atoms with Gasteiger partial charge in [0.2, 0.25) is 12.3 Å². The third-order valence-electron chi connectivity index (χ3n) is 5.05. The Morgan fingerprint density at radius 2 is 1.76 bits per heavy atom. The van der Waals surface area contributed by atoms with E-state index in [2.05, 4.69) is 15.2 Å². The zero-order valence-corrected chi connectivity index (χ0v) is 17.3. The molecule has 0 saturated carbocycles. The van der Waals surface area contributed by atoms with Crippen LogP contribution in [0.5, 0.6) is 5.75 Å². The average Bonchev–Trinajstić information content (AvgIpc) is 3.38. The Balaban J connectivity index is 1.37. The molecule has 162 valence electrons. The van der Waals surface area contributed by atoms with Crippen LogP contribution in [0.4, 0.5) is 8.78 Å². The molecule has 0 unspecified atom stereocenters. The molecule has 0 fully saturated rings.